The van der Waals surface area contributed by atoms with Crippen molar-refractivity contribution < 1.29 is 24.2 Å². The lowest BCUT2D eigenvalue weighted by Gasteiger charge is -2.18. The van der Waals surface area contributed by atoms with Gasteiger partial charge in [0, 0.05) is 11.8 Å². The molecule has 6 nitrogen and oxygen atoms in total. The maximum atomic E-state index is 11.9. The summed E-state index contributed by atoms with van der Waals surface area (Å²) < 4.78 is 10.3. The van der Waals surface area contributed by atoms with Crippen molar-refractivity contribution in [3.8, 4) is 5.75 Å². The first-order chi connectivity index (χ1) is 9.26. The van der Waals surface area contributed by atoms with Crippen molar-refractivity contribution >= 4 is 17.6 Å². The van der Waals surface area contributed by atoms with Crippen LogP contribution in [0.1, 0.15) is 31.1 Å². The van der Waals surface area contributed by atoms with E-state index in [0.717, 1.165) is 0 Å². The second-order valence-corrected chi connectivity index (χ2v) is 4.99. The molecule has 1 rings (SSSR count). The van der Waals surface area contributed by atoms with Gasteiger partial charge >= 0.3 is 11.9 Å². The van der Waals surface area contributed by atoms with Crippen LogP contribution in [-0.4, -0.2) is 30.3 Å². The molecule has 0 saturated heterocycles. The van der Waals surface area contributed by atoms with Crippen LogP contribution in [0.25, 0.3) is 0 Å². The molecular weight excluding hydrogens is 262 g/mol. The van der Waals surface area contributed by atoms with Gasteiger partial charge in [0.1, 0.15) is 12.4 Å². The number of hydrogen-bond acceptors (Lipinski definition) is 5. The summed E-state index contributed by atoms with van der Waals surface area (Å²) in [5.74, 6) is -1.20. The van der Waals surface area contributed by atoms with Crippen LogP contribution in [0.4, 0.5) is 5.69 Å². The summed E-state index contributed by atoms with van der Waals surface area (Å²) in [7, 11) is 0. The van der Waals surface area contributed by atoms with E-state index in [2.05, 4.69) is 0 Å². The van der Waals surface area contributed by atoms with Crippen LogP contribution in [0, 0.1) is 5.41 Å². The van der Waals surface area contributed by atoms with Gasteiger partial charge in [0.2, 0.25) is 0 Å². The van der Waals surface area contributed by atoms with E-state index in [1.807, 2.05) is 6.92 Å². The average Bonchev–Trinajstić information content (AvgIpc) is 2.35. The topological polar surface area (TPSA) is 98.9 Å². The lowest BCUT2D eigenvalue weighted by Crippen LogP contribution is -2.30. The van der Waals surface area contributed by atoms with Gasteiger partial charge < -0.3 is 20.3 Å². The molecule has 110 valence electrons. The molecule has 0 aliphatic carbocycles. The predicted octanol–water partition coefficient (Wildman–Crippen LogP) is 1.94. The van der Waals surface area contributed by atoms with Crippen molar-refractivity contribution in [2.75, 3.05) is 18.9 Å². The molecular formula is C14H19NO5. The molecule has 0 aliphatic rings. The summed E-state index contributed by atoms with van der Waals surface area (Å²) in [6.45, 7) is 5.00. The fraction of sp³-hybridized carbons (Fsp3) is 0.429. The minimum absolute atomic E-state index is 0.222. The summed E-state index contributed by atoms with van der Waals surface area (Å²) in [5.41, 5.74) is 5.14. The first-order valence-corrected chi connectivity index (χ1v) is 6.20. The number of carbonyl (C=O) groups excluding carboxylic acids is 1. The number of hydrogen-bond donors (Lipinski definition) is 2. The number of nitrogen functional groups attached to an aromatic ring is 1. The molecule has 0 aromatic heterocycles. The molecule has 0 radical (unpaired) electrons. The number of anilines is 1. The summed E-state index contributed by atoms with van der Waals surface area (Å²) >= 11 is 0. The Morgan fingerprint density at radius 3 is 2.50 bits per heavy atom. The Hall–Kier alpha value is -2.24. The number of ether oxygens (including phenoxy) is 2. The summed E-state index contributed by atoms with van der Waals surface area (Å²) in [6, 6.07) is 4.57. The number of nitrogens with two attached hydrogens (primary N) is 1. The van der Waals surface area contributed by atoms with Gasteiger partial charge in [-0.25, -0.2) is 4.79 Å². The van der Waals surface area contributed by atoms with Gasteiger partial charge in [-0.1, -0.05) is 0 Å². The SMILES string of the molecule is CCOc1cc(N)cc(C(=O)OCC(C)(C)C(=O)O)c1. The Kier molecular flexibility index (Phi) is 4.96. The number of rotatable bonds is 6. The second-order valence-electron chi connectivity index (χ2n) is 4.99. The zero-order chi connectivity index (χ0) is 15.3. The number of benzene rings is 1. The molecule has 0 bridgehead atoms. The predicted molar refractivity (Wildman–Crippen MR) is 73.7 cm³/mol. The first-order valence-electron chi connectivity index (χ1n) is 6.20. The van der Waals surface area contributed by atoms with E-state index < -0.39 is 17.4 Å². The van der Waals surface area contributed by atoms with E-state index in [-0.39, 0.29) is 12.2 Å². The Morgan fingerprint density at radius 1 is 1.30 bits per heavy atom. The number of esters is 1. The second kappa shape index (κ2) is 6.27. The van der Waals surface area contributed by atoms with E-state index >= 15 is 0 Å². The maximum absolute atomic E-state index is 11.9. The largest absolute Gasteiger partial charge is 0.494 e. The highest BCUT2D eigenvalue weighted by Crippen LogP contribution is 2.21. The van der Waals surface area contributed by atoms with Gasteiger partial charge in [0.05, 0.1) is 17.6 Å². The molecule has 0 heterocycles. The van der Waals surface area contributed by atoms with Crippen LogP contribution >= 0.6 is 0 Å². The summed E-state index contributed by atoms with van der Waals surface area (Å²) in [5, 5.41) is 8.95. The van der Waals surface area contributed by atoms with Crippen LogP contribution < -0.4 is 10.5 Å². The minimum Gasteiger partial charge on any atom is -0.494 e. The smallest absolute Gasteiger partial charge is 0.338 e. The molecule has 0 saturated carbocycles. The monoisotopic (exact) mass is 281 g/mol. The average molecular weight is 281 g/mol. The van der Waals surface area contributed by atoms with Gasteiger partial charge in [-0.05, 0) is 32.9 Å². The first kappa shape index (κ1) is 15.8. The maximum Gasteiger partial charge on any atom is 0.338 e. The third-order valence-electron chi connectivity index (χ3n) is 2.62. The molecule has 1 aromatic rings. The highest BCUT2D eigenvalue weighted by molar-refractivity contribution is 5.91. The molecule has 0 unspecified atom stereocenters. The van der Waals surface area contributed by atoms with Gasteiger partial charge in [0.25, 0.3) is 0 Å². The van der Waals surface area contributed by atoms with Crippen molar-refractivity contribution in [2.24, 2.45) is 5.41 Å². The van der Waals surface area contributed by atoms with Gasteiger partial charge in [-0.2, -0.15) is 0 Å². The van der Waals surface area contributed by atoms with E-state index in [9.17, 15) is 9.59 Å². The Morgan fingerprint density at radius 2 is 1.95 bits per heavy atom. The van der Waals surface area contributed by atoms with Gasteiger partial charge in [-0.3, -0.25) is 4.79 Å². The molecule has 20 heavy (non-hydrogen) atoms. The standard InChI is InChI=1S/C14H19NO5/c1-4-19-11-6-9(5-10(15)7-11)12(16)20-8-14(2,3)13(17)18/h5-7H,4,8,15H2,1-3H3,(H,17,18). The van der Waals surface area contributed by atoms with E-state index in [4.69, 9.17) is 20.3 Å². The number of carbonyl (C=O) groups is 2. The number of carboxylic acid groups (broad SMARTS) is 1. The van der Waals surface area contributed by atoms with Crippen LogP contribution in [0.5, 0.6) is 5.75 Å². The fourth-order valence-corrected chi connectivity index (χ4v) is 1.38. The summed E-state index contributed by atoms with van der Waals surface area (Å²) in [4.78, 5) is 22.8. The van der Waals surface area contributed by atoms with Crippen LogP contribution in [0.15, 0.2) is 18.2 Å². The fourth-order valence-electron chi connectivity index (χ4n) is 1.38. The molecule has 0 aliphatic heterocycles. The minimum atomic E-state index is -1.14. The zero-order valence-electron chi connectivity index (χ0n) is 11.8. The van der Waals surface area contributed by atoms with Gasteiger partial charge in [0.15, 0.2) is 0 Å². The summed E-state index contributed by atoms with van der Waals surface area (Å²) in [6.07, 6.45) is 0. The van der Waals surface area contributed by atoms with Crippen LogP contribution in [-0.2, 0) is 9.53 Å². The third kappa shape index (κ3) is 4.15. The molecule has 3 N–H and O–H groups in total. The molecule has 0 fully saturated rings. The highest BCUT2D eigenvalue weighted by atomic mass is 16.5. The lowest BCUT2D eigenvalue weighted by molar-refractivity contribution is -0.149. The van der Waals surface area contributed by atoms with Gasteiger partial charge in [-0.15, -0.1) is 0 Å². The molecule has 0 amide bonds. The van der Waals surface area contributed by atoms with E-state index in [1.165, 1.54) is 26.0 Å². The van der Waals surface area contributed by atoms with Crippen molar-refractivity contribution in [1.82, 2.24) is 0 Å². The Labute approximate surface area is 117 Å². The highest BCUT2D eigenvalue weighted by Gasteiger charge is 2.29. The van der Waals surface area contributed by atoms with Crippen molar-refractivity contribution in [1.29, 1.82) is 0 Å². The van der Waals surface area contributed by atoms with E-state index in [1.54, 1.807) is 6.07 Å². The molecule has 0 atom stereocenters. The lowest BCUT2D eigenvalue weighted by atomic mass is 9.95. The molecule has 1 aromatic carbocycles. The van der Waals surface area contributed by atoms with E-state index in [0.29, 0.717) is 18.0 Å². The van der Waals surface area contributed by atoms with Crippen molar-refractivity contribution in [3.05, 3.63) is 23.8 Å². The molecule has 6 heteroatoms. The van der Waals surface area contributed by atoms with Crippen molar-refractivity contribution in [2.45, 2.75) is 20.8 Å². The quantitative estimate of drug-likeness (QED) is 0.610. The Bertz CT molecular complexity index is 510. The number of aliphatic carboxylic acids is 1. The molecule has 0 spiro atoms. The third-order valence-corrected chi connectivity index (χ3v) is 2.62. The Balaban J connectivity index is 2.80. The van der Waals surface area contributed by atoms with Crippen molar-refractivity contribution in [3.63, 3.8) is 0 Å². The zero-order valence-corrected chi connectivity index (χ0v) is 11.8. The van der Waals surface area contributed by atoms with Crippen LogP contribution in [0.2, 0.25) is 0 Å². The number of carboxylic acids is 1. The normalized spacial score (nSPS) is 10.9. The van der Waals surface area contributed by atoms with Crippen LogP contribution in [0.3, 0.4) is 0 Å².